The van der Waals surface area contributed by atoms with Crippen LogP contribution in [-0.4, -0.2) is 52.7 Å². The summed E-state index contributed by atoms with van der Waals surface area (Å²) in [5.74, 6) is 0.754. The molecule has 0 radical (unpaired) electrons. The molecule has 0 saturated carbocycles. The first-order chi connectivity index (χ1) is 8.22. The van der Waals surface area contributed by atoms with Crippen molar-refractivity contribution in [3.05, 3.63) is 17.5 Å². The van der Waals surface area contributed by atoms with E-state index < -0.39 is 0 Å². The second-order valence-electron chi connectivity index (χ2n) is 4.38. The highest BCUT2D eigenvalue weighted by Crippen LogP contribution is 2.13. The van der Waals surface area contributed by atoms with Gasteiger partial charge < -0.3 is 14.9 Å². The van der Waals surface area contributed by atoms with Crippen LogP contribution in [-0.2, 0) is 6.61 Å². The maximum absolute atomic E-state index is 9.15. The fraction of sp³-hybridized carbons (Fsp3) is 0.667. The normalized spacial score (nSPS) is 17.5. The van der Waals surface area contributed by atoms with Gasteiger partial charge in [-0.15, -0.1) is 0 Å². The average molecular weight is 236 g/mol. The van der Waals surface area contributed by atoms with Crippen LogP contribution in [0.2, 0.25) is 0 Å². The lowest BCUT2D eigenvalue weighted by atomic mass is 10.3. The van der Waals surface area contributed by atoms with Crippen molar-refractivity contribution in [2.24, 2.45) is 0 Å². The largest absolute Gasteiger partial charge is 0.390 e. The molecule has 0 unspecified atom stereocenters. The van der Waals surface area contributed by atoms with E-state index in [4.69, 9.17) is 5.11 Å². The Morgan fingerprint density at radius 2 is 1.94 bits per heavy atom. The monoisotopic (exact) mass is 236 g/mol. The van der Waals surface area contributed by atoms with Gasteiger partial charge in [0.05, 0.1) is 12.3 Å². The fourth-order valence-corrected chi connectivity index (χ4v) is 2.10. The summed E-state index contributed by atoms with van der Waals surface area (Å²) in [6.07, 6.45) is 0. The number of aryl methyl sites for hydroxylation is 1. The van der Waals surface area contributed by atoms with Crippen LogP contribution in [0.3, 0.4) is 0 Å². The number of aliphatic hydroxyl groups excluding tert-OH is 1. The van der Waals surface area contributed by atoms with Crippen LogP contribution in [0.25, 0.3) is 0 Å². The maximum Gasteiger partial charge on any atom is 0.225 e. The van der Waals surface area contributed by atoms with Gasteiger partial charge in [0.25, 0.3) is 0 Å². The number of likely N-dealkylation sites (N-methyl/N-ethyl adjacent to an activating group) is 1. The number of nitrogens with zero attached hydrogens (tertiary/aromatic N) is 4. The molecule has 17 heavy (non-hydrogen) atoms. The maximum atomic E-state index is 9.15. The van der Waals surface area contributed by atoms with Crippen LogP contribution < -0.4 is 4.90 Å². The molecule has 1 saturated heterocycles. The van der Waals surface area contributed by atoms with Gasteiger partial charge in [0.2, 0.25) is 5.95 Å². The summed E-state index contributed by atoms with van der Waals surface area (Å²) >= 11 is 0. The molecular weight excluding hydrogens is 216 g/mol. The zero-order chi connectivity index (χ0) is 12.3. The summed E-state index contributed by atoms with van der Waals surface area (Å²) in [5.41, 5.74) is 1.61. The number of aliphatic hydroxyl groups is 1. The summed E-state index contributed by atoms with van der Waals surface area (Å²) in [7, 11) is 0. The molecule has 1 N–H and O–H groups in total. The molecule has 0 bridgehead atoms. The van der Waals surface area contributed by atoms with E-state index in [2.05, 4.69) is 26.7 Å². The van der Waals surface area contributed by atoms with Crippen molar-refractivity contribution in [2.75, 3.05) is 37.6 Å². The second kappa shape index (κ2) is 5.42. The van der Waals surface area contributed by atoms with E-state index in [0.717, 1.165) is 44.4 Å². The van der Waals surface area contributed by atoms with Crippen LogP contribution in [0, 0.1) is 6.92 Å². The Morgan fingerprint density at radius 3 is 2.53 bits per heavy atom. The van der Waals surface area contributed by atoms with Gasteiger partial charge in [0.15, 0.2) is 0 Å². The molecule has 94 valence electrons. The summed E-state index contributed by atoms with van der Waals surface area (Å²) in [5, 5.41) is 9.15. The molecule has 5 heteroatoms. The van der Waals surface area contributed by atoms with Gasteiger partial charge in [-0.1, -0.05) is 6.92 Å². The molecular formula is C12H20N4O. The lowest BCUT2D eigenvalue weighted by Crippen LogP contribution is -2.46. The Morgan fingerprint density at radius 1 is 1.24 bits per heavy atom. The fourth-order valence-electron chi connectivity index (χ4n) is 2.10. The third-order valence-electron chi connectivity index (χ3n) is 3.16. The number of hydrogen-bond donors (Lipinski definition) is 1. The standard InChI is InChI=1S/C12H20N4O/c1-3-15-4-6-16(7-5-15)12-13-10(2)8-11(9-17)14-12/h8,17H,3-7,9H2,1-2H3. The molecule has 5 nitrogen and oxygen atoms in total. The molecule has 1 aliphatic heterocycles. The molecule has 1 aromatic rings. The van der Waals surface area contributed by atoms with E-state index in [0.29, 0.717) is 5.69 Å². The van der Waals surface area contributed by atoms with Gasteiger partial charge in [0.1, 0.15) is 0 Å². The van der Waals surface area contributed by atoms with Crippen LogP contribution in [0.5, 0.6) is 0 Å². The van der Waals surface area contributed by atoms with Crippen LogP contribution in [0.4, 0.5) is 5.95 Å². The lowest BCUT2D eigenvalue weighted by Gasteiger charge is -2.34. The summed E-state index contributed by atoms with van der Waals surface area (Å²) in [6.45, 7) is 9.24. The summed E-state index contributed by atoms with van der Waals surface area (Å²) in [4.78, 5) is 13.4. The smallest absolute Gasteiger partial charge is 0.225 e. The second-order valence-corrected chi connectivity index (χ2v) is 4.38. The van der Waals surface area contributed by atoms with Crippen molar-refractivity contribution in [3.63, 3.8) is 0 Å². The van der Waals surface area contributed by atoms with Crippen molar-refractivity contribution >= 4 is 5.95 Å². The van der Waals surface area contributed by atoms with Gasteiger partial charge in [-0.2, -0.15) is 0 Å². The first-order valence-electron chi connectivity index (χ1n) is 6.15. The summed E-state index contributed by atoms with van der Waals surface area (Å²) in [6, 6.07) is 1.83. The Labute approximate surface area is 102 Å². The van der Waals surface area contributed by atoms with Crippen LogP contribution >= 0.6 is 0 Å². The predicted molar refractivity (Wildman–Crippen MR) is 67.0 cm³/mol. The molecule has 1 fully saturated rings. The molecule has 0 aliphatic carbocycles. The Kier molecular flexibility index (Phi) is 3.91. The van der Waals surface area contributed by atoms with E-state index in [-0.39, 0.29) is 6.61 Å². The SMILES string of the molecule is CCN1CCN(c2nc(C)cc(CO)n2)CC1. The third kappa shape index (κ3) is 2.92. The minimum atomic E-state index is -0.0225. The zero-order valence-corrected chi connectivity index (χ0v) is 10.6. The molecule has 2 rings (SSSR count). The predicted octanol–water partition coefficient (Wildman–Crippen LogP) is 0.419. The summed E-state index contributed by atoms with van der Waals surface area (Å²) < 4.78 is 0. The number of aromatic nitrogens is 2. The van der Waals surface area contributed by atoms with Gasteiger partial charge in [-0.3, -0.25) is 0 Å². The topological polar surface area (TPSA) is 52.5 Å². The van der Waals surface area contributed by atoms with E-state index >= 15 is 0 Å². The Balaban J connectivity index is 2.10. The number of piperazine rings is 1. The third-order valence-corrected chi connectivity index (χ3v) is 3.16. The van der Waals surface area contributed by atoms with Crippen LogP contribution in [0.1, 0.15) is 18.3 Å². The highest BCUT2D eigenvalue weighted by Gasteiger charge is 2.18. The lowest BCUT2D eigenvalue weighted by molar-refractivity contribution is 0.267. The first kappa shape index (κ1) is 12.3. The van der Waals surface area contributed by atoms with E-state index in [1.54, 1.807) is 0 Å². The first-order valence-corrected chi connectivity index (χ1v) is 6.15. The van der Waals surface area contributed by atoms with Gasteiger partial charge in [0, 0.05) is 31.9 Å². The zero-order valence-electron chi connectivity index (χ0n) is 10.6. The molecule has 0 atom stereocenters. The number of anilines is 1. The number of rotatable bonds is 3. The molecule has 2 heterocycles. The highest BCUT2D eigenvalue weighted by molar-refractivity contribution is 5.33. The van der Waals surface area contributed by atoms with E-state index in [9.17, 15) is 0 Å². The minimum absolute atomic E-state index is 0.0225. The van der Waals surface area contributed by atoms with Gasteiger partial charge in [-0.25, -0.2) is 9.97 Å². The highest BCUT2D eigenvalue weighted by atomic mass is 16.3. The molecule has 1 aliphatic rings. The minimum Gasteiger partial charge on any atom is -0.390 e. The molecule has 0 spiro atoms. The quantitative estimate of drug-likeness (QED) is 0.824. The van der Waals surface area contributed by atoms with E-state index in [1.165, 1.54) is 0 Å². The molecule has 0 amide bonds. The van der Waals surface area contributed by atoms with Gasteiger partial charge >= 0.3 is 0 Å². The Hall–Kier alpha value is -1.20. The molecule has 1 aromatic heterocycles. The number of hydrogen-bond acceptors (Lipinski definition) is 5. The van der Waals surface area contributed by atoms with Crippen molar-refractivity contribution in [1.82, 2.24) is 14.9 Å². The van der Waals surface area contributed by atoms with Crippen molar-refractivity contribution in [3.8, 4) is 0 Å². The van der Waals surface area contributed by atoms with Gasteiger partial charge in [-0.05, 0) is 19.5 Å². The average Bonchev–Trinajstić information content (AvgIpc) is 2.38. The van der Waals surface area contributed by atoms with Crippen LogP contribution in [0.15, 0.2) is 6.07 Å². The van der Waals surface area contributed by atoms with Crippen molar-refractivity contribution < 1.29 is 5.11 Å². The van der Waals surface area contributed by atoms with E-state index in [1.807, 2.05) is 13.0 Å². The van der Waals surface area contributed by atoms with Crippen molar-refractivity contribution in [1.29, 1.82) is 0 Å². The Bertz CT molecular complexity index is 375. The molecule has 0 aromatic carbocycles. The van der Waals surface area contributed by atoms with Crippen molar-refractivity contribution in [2.45, 2.75) is 20.5 Å².